The van der Waals surface area contributed by atoms with Gasteiger partial charge in [-0.1, -0.05) is 18.2 Å². The number of thiophene rings is 1. The van der Waals surface area contributed by atoms with Crippen molar-refractivity contribution in [3.05, 3.63) is 57.8 Å². The molecule has 2 amide bonds. The molecule has 2 aromatic rings. The zero-order chi connectivity index (χ0) is 26.5. The Kier molecular flexibility index (Phi) is 8.78. The highest BCUT2D eigenvalue weighted by molar-refractivity contribution is 7.12. The second-order valence-corrected chi connectivity index (χ2v) is 12.2. The molecule has 0 radical (unpaired) electrons. The number of nitriles is 1. The molecular weight excluding hydrogens is 494 g/mol. The molecule has 202 valence electrons. The van der Waals surface area contributed by atoms with Crippen LogP contribution in [0.4, 0.5) is 0 Å². The van der Waals surface area contributed by atoms with E-state index >= 15 is 0 Å². The highest BCUT2D eigenvalue weighted by atomic mass is 32.1. The molecule has 1 unspecified atom stereocenters. The second-order valence-electron chi connectivity index (χ2n) is 11.2. The van der Waals surface area contributed by atoms with Crippen LogP contribution < -0.4 is 11.1 Å². The smallest absolute Gasteiger partial charge is 0.264 e. The lowest BCUT2D eigenvalue weighted by atomic mass is 9.82. The Morgan fingerprint density at radius 3 is 2.39 bits per heavy atom. The number of hydrogen-bond donors (Lipinski definition) is 2. The molecule has 38 heavy (non-hydrogen) atoms. The summed E-state index contributed by atoms with van der Waals surface area (Å²) in [5.74, 6) is 1.05. The number of likely N-dealkylation sites (tertiary alicyclic amines) is 1. The van der Waals surface area contributed by atoms with Crippen LogP contribution in [-0.4, -0.2) is 59.4 Å². The van der Waals surface area contributed by atoms with Crippen molar-refractivity contribution in [1.82, 2.24) is 15.1 Å². The lowest BCUT2D eigenvalue weighted by Crippen LogP contribution is -2.57. The van der Waals surface area contributed by atoms with Gasteiger partial charge in [0.2, 0.25) is 5.91 Å². The first-order valence-electron chi connectivity index (χ1n) is 14.1. The number of nitrogens with zero attached hydrogens (tertiary/aromatic N) is 3. The molecular formula is C30H39N5O2S. The van der Waals surface area contributed by atoms with E-state index in [4.69, 9.17) is 11.0 Å². The highest BCUT2D eigenvalue weighted by Crippen LogP contribution is 2.35. The van der Waals surface area contributed by atoms with E-state index in [9.17, 15) is 9.59 Å². The maximum Gasteiger partial charge on any atom is 0.264 e. The molecule has 1 saturated heterocycles. The van der Waals surface area contributed by atoms with Gasteiger partial charge in [-0.2, -0.15) is 5.26 Å². The van der Waals surface area contributed by atoms with E-state index in [1.165, 1.54) is 29.7 Å². The Labute approximate surface area is 230 Å². The van der Waals surface area contributed by atoms with Gasteiger partial charge in [0.05, 0.1) is 16.5 Å². The summed E-state index contributed by atoms with van der Waals surface area (Å²) in [7, 11) is 0. The van der Waals surface area contributed by atoms with Crippen molar-refractivity contribution in [2.75, 3.05) is 19.6 Å². The minimum Gasteiger partial charge on any atom is -0.354 e. The number of hydrogen-bond acceptors (Lipinski definition) is 6. The van der Waals surface area contributed by atoms with Crippen molar-refractivity contribution in [2.24, 2.45) is 17.6 Å². The van der Waals surface area contributed by atoms with E-state index in [1.807, 2.05) is 46.7 Å². The lowest BCUT2D eigenvalue weighted by molar-refractivity contribution is -0.128. The number of rotatable bonds is 9. The Morgan fingerprint density at radius 2 is 1.76 bits per heavy atom. The van der Waals surface area contributed by atoms with E-state index in [2.05, 4.69) is 16.3 Å². The van der Waals surface area contributed by atoms with Gasteiger partial charge in [0.25, 0.3) is 5.91 Å². The van der Waals surface area contributed by atoms with Gasteiger partial charge in [-0.05, 0) is 98.9 Å². The van der Waals surface area contributed by atoms with E-state index in [-0.39, 0.29) is 17.9 Å². The Bertz CT molecular complexity index is 1120. The van der Waals surface area contributed by atoms with Crippen LogP contribution in [0, 0.1) is 23.2 Å². The number of carbonyl (C=O) groups is 2. The van der Waals surface area contributed by atoms with Crippen LogP contribution in [0.1, 0.15) is 72.2 Å². The van der Waals surface area contributed by atoms with Gasteiger partial charge in [0.1, 0.15) is 6.04 Å². The van der Waals surface area contributed by atoms with E-state index in [0.717, 1.165) is 45.2 Å². The predicted molar refractivity (Wildman–Crippen MR) is 149 cm³/mol. The van der Waals surface area contributed by atoms with Crippen molar-refractivity contribution in [3.8, 4) is 6.07 Å². The van der Waals surface area contributed by atoms with Gasteiger partial charge in [-0.25, -0.2) is 0 Å². The van der Waals surface area contributed by atoms with Crippen LogP contribution in [0.3, 0.4) is 0 Å². The summed E-state index contributed by atoms with van der Waals surface area (Å²) in [5, 5.41) is 14.3. The maximum absolute atomic E-state index is 13.7. The molecule has 3 aliphatic rings. The average Bonchev–Trinajstić information content (AvgIpc) is 3.66. The number of piperidine rings is 1. The molecule has 2 saturated carbocycles. The first-order chi connectivity index (χ1) is 18.6. The first kappa shape index (κ1) is 26.9. The normalized spacial score (nSPS) is 25.7. The van der Waals surface area contributed by atoms with E-state index < -0.39 is 6.04 Å². The molecule has 1 aromatic heterocycles. The quantitative estimate of drug-likeness (QED) is 0.504. The topological polar surface area (TPSA) is 102 Å². The molecule has 3 fully saturated rings. The lowest BCUT2D eigenvalue weighted by Gasteiger charge is -2.43. The molecule has 2 aliphatic carbocycles. The van der Waals surface area contributed by atoms with Crippen LogP contribution in [0.25, 0.3) is 0 Å². The molecule has 8 heteroatoms. The average molecular weight is 534 g/mol. The Hall–Kier alpha value is -2.73. The highest BCUT2D eigenvalue weighted by Gasteiger charge is 2.42. The fraction of sp³-hybridized carbons (Fsp3) is 0.567. The minimum absolute atomic E-state index is 0.0188. The van der Waals surface area contributed by atoms with E-state index in [1.54, 1.807) is 0 Å². The molecule has 0 bridgehead atoms. The van der Waals surface area contributed by atoms with Crippen LogP contribution >= 0.6 is 11.3 Å². The third-order valence-electron chi connectivity index (χ3n) is 8.67. The van der Waals surface area contributed by atoms with Gasteiger partial charge >= 0.3 is 0 Å². The molecule has 2 heterocycles. The summed E-state index contributed by atoms with van der Waals surface area (Å²) in [6.07, 6.45) is 8.33. The Morgan fingerprint density at radius 1 is 1.03 bits per heavy atom. The van der Waals surface area contributed by atoms with Crippen LogP contribution in [0.15, 0.2) is 41.8 Å². The summed E-state index contributed by atoms with van der Waals surface area (Å²) < 4.78 is 0. The largest absolute Gasteiger partial charge is 0.354 e. The number of amides is 2. The van der Waals surface area contributed by atoms with Gasteiger partial charge < -0.3 is 16.0 Å². The summed E-state index contributed by atoms with van der Waals surface area (Å²) >= 11 is 1.44. The number of benzene rings is 1. The molecule has 7 nitrogen and oxygen atoms in total. The number of carbonyl (C=O) groups excluding carboxylic acids is 2. The van der Waals surface area contributed by atoms with Crippen molar-refractivity contribution in [2.45, 2.75) is 76.0 Å². The molecule has 1 aliphatic heterocycles. The standard InChI is InChI=1S/C30H39N5O2S/c31-17-21-3-7-23(8-4-21)19-33-29(36)27-16-26(13-14-34(27)30(37)28-2-1-15-38-28)35(25-11-12-25)20-24-9-5-22(18-32)6-10-24/h1-2,5-6,9-10,15,21,23,25-27H,3-4,7-8,11-14,16-17,19-20,31H2,(H,33,36)/t21?,23?,26?,27-/m1/s1. The van der Waals surface area contributed by atoms with Crippen molar-refractivity contribution < 1.29 is 9.59 Å². The van der Waals surface area contributed by atoms with Crippen LogP contribution in [0.5, 0.6) is 0 Å². The van der Waals surface area contributed by atoms with Gasteiger partial charge in [-0.15, -0.1) is 11.3 Å². The van der Waals surface area contributed by atoms with Gasteiger partial charge in [0.15, 0.2) is 0 Å². The van der Waals surface area contributed by atoms with Crippen molar-refractivity contribution in [1.29, 1.82) is 5.26 Å². The van der Waals surface area contributed by atoms with Crippen LogP contribution in [-0.2, 0) is 11.3 Å². The first-order valence-corrected chi connectivity index (χ1v) is 15.0. The predicted octanol–water partition coefficient (Wildman–Crippen LogP) is 4.14. The monoisotopic (exact) mass is 533 g/mol. The molecule has 1 aromatic carbocycles. The summed E-state index contributed by atoms with van der Waals surface area (Å²) in [6, 6.07) is 14.1. The van der Waals surface area contributed by atoms with Gasteiger partial charge in [-0.3, -0.25) is 14.5 Å². The molecule has 2 atom stereocenters. The summed E-state index contributed by atoms with van der Waals surface area (Å²) in [4.78, 5) is 32.1. The summed E-state index contributed by atoms with van der Waals surface area (Å²) in [6.45, 7) is 2.81. The fourth-order valence-electron chi connectivity index (χ4n) is 6.17. The zero-order valence-corrected chi connectivity index (χ0v) is 22.9. The van der Waals surface area contributed by atoms with E-state index in [0.29, 0.717) is 47.8 Å². The van der Waals surface area contributed by atoms with Crippen molar-refractivity contribution >= 4 is 23.2 Å². The van der Waals surface area contributed by atoms with Crippen LogP contribution in [0.2, 0.25) is 0 Å². The number of nitrogens with two attached hydrogens (primary N) is 1. The second kappa shape index (κ2) is 12.4. The summed E-state index contributed by atoms with van der Waals surface area (Å²) in [5.41, 5.74) is 7.70. The zero-order valence-electron chi connectivity index (χ0n) is 22.1. The minimum atomic E-state index is -0.467. The molecule has 0 spiro atoms. The number of nitrogens with one attached hydrogen (secondary N) is 1. The fourth-order valence-corrected chi connectivity index (χ4v) is 6.85. The maximum atomic E-state index is 13.7. The van der Waals surface area contributed by atoms with Crippen molar-refractivity contribution in [3.63, 3.8) is 0 Å². The molecule has 5 rings (SSSR count). The van der Waals surface area contributed by atoms with Gasteiger partial charge in [0, 0.05) is 31.7 Å². The third-order valence-corrected chi connectivity index (χ3v) is 9.53. The molecule has 3 N–H and O–H groups in total. The SMILES string of the molecule is N#Cc1ccc(CN(C2CC2)C2CCN(C(=O)c3cccs3)[C@@H](C(=O)NCC3CCC(CN)CC3)C2)cc1. The third kappa shape index (κ3) is 6.45. The Balaban J connectivity index is 1.28.